The Balaban J connectivity index is 1.79. The Hall–Kier alpha value is -1.85. The van der Waals surface area contributed by atoms with Crippen LogP contribution >= 0.6 is 11.6 Å². The van der Waals surface area contributed by atoms with Crippen LogP contribution in [0.15, 0.2) is 30.5 Å². The highest BCUT2D eigenvalue weighted by Gasteiger charge is 2.20. The summed E-state index contributed by atoms with van der Waals surface area (Å²) in [7, 11) is 0. The lowest BCUT2D eigenvalue weighted by atomic mass is 10.1. The molecule has 0 unspecified atom stereocenters. The third kappa shape index (κ3) is 3.15. The number of hydrogen-bond donors (Lipinski definition) is 2. The van der Waals surface area contributed by atoms with E-state index in [0.29, 0.717) is 10.6 Å². The van der Waals surface area contributed by atoms with E-state index in [1.807, 2.05) is 31.2 Å². The summed E-state index contributed by atoms with van der Waals surface area (Å²) in [5.41, 5.74) is 2.26. The molecule has 3 rings (SSSR count). The maximum atomic E-state index is 12.4. The Morgan fingerprint density at radius 2 is 2.36 bits per heavy atom. The van der Waals surface area contributed by atoms with E-state index >= 15 is 0 Å². The second-order valence-corrected chi connectivity index (χ2v) is 5.99. The summed E-state index contributed by atoms with van der Waals surface area (Å²) >= 11 is 6.02. The van der Waals surface area contributed by atoms with Crippen LogP contribution in [-0.4, -0.2) is 34.8 Å². The normalized spacial score (nSPS) is 18.2. The molecule has 2 N–H and O–H groups in total. The molecule has 116 valence electrons. The molecule has 1 aliphatic heterocycles. The fourth-order valence-electron chi connectivity index (χ4n) is 2.74. The molecule has 2 aromatic rings. The summed E-state index contributed by atoms with van der Waals surface area (Å²) in [6.07, 6.45) is 3.72. The minimum absolute atomic E-state index is 0.0699. The first-order valence-corrected chi connectivity index (χ1v) is 7.85. The van der Waals surface area contributed by atoms with Crippen LogP contribution in [0.1, 0.15) is 28.9 Å². The van der Waals surface area contributed by atoms with Crippen molar-refractivity contribution in [2.75, 3.05) is 13.1 Å². The van der Waals surface area contributed by atoms with Crippen LogP contribution in [-0.2, 0) is 0 Å². The summed E-state index contributed by atoms with van der Waals surface area (Å²) in [5, 5.41) is 11.3. The first-order valence-electron chi connectivity index (χ1n) is 7.47. The lowest BCUT2D eigenvalue weighted by molar-refractivity contribution is 0.0930. The van der Waals surface area contributed by atoms with E-state index in [0.717, 1.165) is 37.3 Å². The molecule has 0 spiro atoms. The van der Waals surface area contributed by atoms with Crippen molar-refractivity contribution < 1.29 is 4.79 Å². The average molecular weight is 319 g/mol. The van der Waals surface area contributed by atoms with Crippen LogP contribution < -0.4 is 10.6 Å². The number of piperidine rings is 1. The standard InChI is InChI=1S/C16H19ClN4O/c1-11-15(16(22)20-13-5-3-7-18-9-13)10-19-21(11)14-6-2-4-12(17)8-14/h2,4,6,8,10,13,18H,3,5,7,9H2,1H3,(H,20,22)/t13-/m0/s1. The number of nitrogens with zero attached hydrogens (tertiary/aromatic N) is 2. The summed E-state index contributed by atoms with van der Waals surface area (Å²) < 4.78 is 1.74. The van der Waals surface area contributed by atoms with Crippen LogP contribution in [0.25, 0.3) is 5.69 Å². The van der Waals surface area contributed by atoms with Gasteiger partial charge in [0, 0.05) is 17.6 Å². The second-order valence-electron chi connectivity index (χ2n) is 5.55. The minimum Gasteiger partial charge on any atom is -0.348 e. The van der Waals surface area contributed by atoms with E-state index in [4.69, 9.17) is 11.6 Å². The number of halogens is 1. The van der Waals surface area contributed by atoms with Crippen molar-refractivity contribution in [2.45, 2.75) is 25.8 Å². The molecule has 2 heterocycles. The maximum Gasteiger partial charge on any atom is 0.255 e. The number of benzene rings is 1. The van der Waals surface area contributed by atoms with E-state index in [1.165, 1.54) is 0 Å². The van der Waals surface area contributed by atoms with Crippen LogP contribution in [0.2, 0.25) is 5.02 Å². The van der Waals surface area contributed by atoms with Gasteiger partial charge in [-0.1, -0.05) is 17.7 Å². The molecule has 0 aliphatic carbocycles. The number of aromatic nitrogens is 2. The van der Waals surface area contributed by atoms with Crippen molar-refractivity contribution in [1.29, 1.82) is 0 Å². The zero-order valence-electron chi connectivity index (χ0n) is 12.5. The SMILES string of the molecule is Cc1c(C(=O)N[C@H]2CCCNC2)cnn1-c1cccc(Cl)c1. The van der Waals surface area contributed by atoms with Crippen molar-refractivity contribution in [3.05, 3.63) is 46.7 Å². The second kappa shape index (κ2) is 6.50. The first kappa shape index (κ1) is 15.1. The van der Waals surface area contributed by atoms with Gasteiger partial charge in [0.2, 0.25) is 0 Å². The number of carbonyl (C=O) groups excluding carboxylic acids is 1. The van der Waals surface area contributed by atoms with Gasteiger partial charge in [0.25, 0.3) is 5.91 Å². The van der Waals surface area contributed by atoms with Gasteiger partial charge in [0.1, 0.15) is 0 Å². The number of rotatable bonds is 3. The third-order valence-corrected chi connectivity index (χ3v) is 4.17. The van der Waals surface area contributed by atoms with Crippen LogP contribution in [0.4, 0.5) is 0 Å². The molecule has 5 nitrogen and oxygen atoms in total. The topological polar surface area (TPSA) is 59.0 Å². The highest BCUT2D eigenvalue weighted by atomic mass is 35.5. The maximum absolute atomic E-state index is 12.4. The largest absolute Gasteiger partial charge is 0.348 e. The molecule has 22 heavy (non-hydrogen) atoms. The number of carbonyl (C=O) groups is 1. The summed E-state index contributed by atoms with van der Waals surface area (Å²) in [4.78, 5) is 12.4. The van der Waals surface area contributed by atoms with E-state index < -0.39 is 0 Å². The summed E-state index contributed by atoms with van der Waals surface area (Å²) in [6, 6.07) is 7.61. The highest BCUT2D eigenvalue weighted by molar-refractivity contribution is 6.30. The molecule has 1 aromatic heterocycles. The molecule has 1 atom stereocenters. The molecule has 6 heteroatoms. The van der Waals surface area contributed by atoms with Gasteiger partial charge in [0.05, 0.1) is 23.1 Å². The predicted molar refractivity (Wildman–Crippen MR) is 86.7 cm³/mol. The van der Waals surface area contributed by atoms with Gasteiger partial charge in [-0.2, -0.15) is 5.10 Å². The number of amides is 1. The van der Waals surface area contributed by atoms with Gasteiger partial charge in [-0.05, 0) is 44.5 Å². The molecular weight excluding hydrogens is 300 g/mol. The van der Waals surface area contributed by atoms with E-state index in [9.17, 15) is 4.79 Å². The van der Waals surface area contributed by atoms with E-state index in [1.54, 1.807) is 10.9 Å². The molecule has 1 aliphatic rings. The quantitative estimate of drug-likeness (QED) is 0.913. The number of nitrogens with one attached hydrogen (secondary N) is 2. The van der Waals surface area contributed by atoms with Crippen molar-refractivity contribution in [1.82, 2.24) is 20.4 Å². The third-order valence-electron chi connectivity index (χ3n) is 3.94. The smallest absolute Gasteiger partial charge is 0.255 e. The zero-order chi connectivity index (χ0) is 15.5. The minimum atomic E-state index is -0.0699. The Morgan fingerprint density at radius 1 is 1.50 bits per heavy atom. The summed E-state index contributed by atoms with van der Waals surface area (Å²) in [5.74, 6) is -0.0699. The lowest BCUT2D eigenvalue weighted by Crippen LogP contribution is -2.45. The lowest BCUT2D eigenvalue weighted by Gasteiger charge is -2.23. The molecule has 1 aromatic carbocycles. The zero-order valence-corrected chi connectivity index (χ0v) is 13.2. The van der Waals surface area contributed by atoms with Gasteiger partial charge in [-0.25, -0.2) is 4.68 Å². The van der Waals surface area contributed by atoms with Gasteiger partial charge in [-0.3, -0.25) is 4.79 Å². The van der Waals surface area contributed by atoms with Crippen molar-refractivity contribution >= 4 is 17.5 Å². The fourth-order valence-corrected chi connectivity index (χ4v) is 2.92. The van der Waals surface area contributed by atoms with Crippen molar-refractivity contribution in [3.63, 3.8) is 0 Å². The van der Waals surface area contributed by atoms with E-state index in [2.05, 4.69) is 15.7 Å². The Morgan fingerprint density at radius 3 is 3.09 bits per heavy atom. The molecule has 1 saturated heterocycles. The fraction of sp³-hybridized carbons (Fsp3) is 0.375. The molecular formula is C16H19ClN4O. The van der Waals surface area contributed by atoms with Crippen LogP contribution in [0.5, 0.6) is 0 Å². The Labute approximate surface area is 134 Å². The van der Waals surface area contributed by atoms with Gasteiger partial charge in [0.15, 0.2) is 0 Å². The molecule has 0 bridgehead atoms. The monoisotopic (exact) mass is 318 g/mol. The Bertz CT molecular complexity index is 677. The first-order chi connectivity index (χ1) is 10.6. The highest BCUT2D eigenvalue weighted by Crippen LogP contribution is 2.18. The molecule has 1 amide bonds. The molecule has 0 saturated carbocycles. The van der Waals surface area contributed by atoms with Crippen molar-refractivity contribution in [2.24, 2.45) is 0 Å². The predicted octanol–water partition coefficient (Wildman–Crippen LogP) is 2.32. The molecule has 1 fully saturated rings. The average Bonchev–Trinajstić information content (AvgIpc) is 2.90. The summed E-state index contributed by atoms with van der Waals surface area (Å²) in [6.45, 7) is 3.74. The molecule has 0 radical (unpaired) electrons. The number of hydrogen-bond acceptors (Lipinski definition) is 3. The van der Waals surface area contributed by atoms with Crippen molar-refractivity contribution in [3.8, 4) is 5.69 Å². The van der Waals surface area contributed by atoms with Gasteiger partial charge < -0.3 is 10.6 Å². The van der Waals surface area contributed by atoms with E-state index in [-0.39, 0.29) is 11.9 Å². The van der Waals surface area contributed by atoms with Crippen LogP contribution in [0.3, 0.4) is 0 Å². The van der Waals surface area contributed by atoms with Gasteiger partial charge in [-0.15, -0.1) is 0 Å². The Kier molecular flexibility index (Phi) is 4.45. The van der Waals surface area contributed by atoms with Gasteiger partial charge >= 0.3 is 0 Å². The van der Waals surface area contributed by atoms with Crippen LogP contribution in [0, 0.1) is 6.92 Å².